The highest BCUT2D eigenvalue weighted by Gasteiger charge is 2.41. The molecule has 0 unspecified atom stereocenters. The van der Waals surface area contributed by atoms with Crippen LogP contribution < -0.4 is 11.1 Å². The van der Waals surface area contributed by atoms with Crippen LogP contribution in [0.25, 0.3) is 0 Å². The lowest BCUT2D eigenvalue weighted by atomic mass is 10.0. The first kappa shape index (κ1) is 11.3. The molecule has 0 heterocycles. The fourth-order valence-corrected chi connectivity index (χ4v) is 2.35. The van der Waals surface area contributed by atoms with Gasteiger partial charge in [0.1, 0.15) is 0 Å². The molecule has 2 rings (SSSR count). The molecule has 88 valence electrons. The monoisotopic (exact) mass is 218 g/mol. The first-order valence-corrected chi connectivity index (χ1v) is 6.25. The summed E-state index contributed by atoms with van der Waals surface area (Å²) in [5, 5.41) is 3.50. The molecular formula is C14H22N2. The molecule has 0 bridgehead atoms. The van der Waals surface area contributed by atoms with Crippen LogP contribution in [0.3, 0.4) is 0 Å². The van der Waals surface area contributed by atoms with E-state index in [9.17, 15) is 0 Å². The topological polar surface area (TPSA) is 38.0 Å². The summed E-state index contributed by atoms with van der Waals surface area (Å²) in [5.41, 5.74) is 9.74. The maximum absolute atomic E-state index is 5.98. The van der Waals surface area contributed by atoms with E-state index in [2.05, 4.69) is 31.3 Å². The molecule has 2 heteroatoms. The van der Waals surface area contributed by atoms with Gasteiger partial charge in [-0.3, -0.25) is 0 Å². The fraction of sp³-hybridized carbons (Fsp3) is 0.571. The van der Waals surface area contributed by atoms with Crippen molar-refractivity contribution >= 4 is 11.4 Å². The van der Waals surface area contributed by atoms with Crippen LogP contribution in [0.2, 0.25) is 0 Å². The lowest BCUT2D eigenvalue weighted by molar-refractivity contribution is 0.486. The van der Waals surface area contributed by atoms with Crippen molar-refractivity contribution in [2.24, 2.45) is 5.41 Å². The van der Waals surface area contributed by atoms with Gasteiger partial charge in [0.2, 0.25) is 0 Å². The molecule has 16 heavy (non-hydrogen) atoms. The van der Waals surface area contributed by atoms with Gasteiger partial charge in [-0.25, -0.2) is 0 Å². The third kappa shape index (κ3) is 2.49. The van der Waals surface area contributed by atoms with Gasteiger partial charge in [-0.1, -0.05) is 19.4 Å². The van der Waals surface area contributed by atoms with Gasteiger partial charge in [0, 0.05) is 6.54 Å². The highest BCUT2D eigenvalue weighted by Crippen LogP contribution is 2.49. The average Bonchev–Trinajstić information content (AvgIpc) is 2.98. The van der Waals surface area contributed by atoms with E-state index >= 15 is 0 Å². The van der Waals surface area contributed by atoms with Gasteiger partial charge in [0.25, 0.3) is 0 Å². The quantitative estimate of drug-likeness (QED) is 0.741. The Kier molecular flexibility index (Phi) is 3.08. The van der Waals surface area contributed by atoms with E-state index < -0.39 is 0 Å². The van der Waals surface area contributed by atoms with Crippen LogP contribution in [0, 0.1) is 12.3 Å². The Morgan fingerprint density at radius 1 is 1.38 bits per heavy atom. The smallest absolute Gasteiger partial charge is 0.0574 e. The minimum Gasteiger partial charge on any atom is -0.397 e. The van der Waals surface area contributed by atoms with Crippen LogP contribution in [-0.2, 0) is 0 Å². The number of rotatable bonds is 5. The molecule has 2 nitrogen and oxygen atoms in total. The average molecular weight is 218 g/mol. The van der Waals surface area contributed by atoms with E-state index in [1.54, 1.807) is 0 Å². The van der Waals surface area contributed by atoms with E-state index in [-0.39, 0.29) is 0 Å². The molecule has 1 aromatic rings. The largest absolute Gasteiger partial charge is 0.397 e. The van der Waals surface area contributed by atoms with Crippen molar-refractivity contribution in [2.75, 3.05) is 17.6 Å². The van der Waals surface area contributed by atoms with Crippen LogP contribution in [-0.4, -0.2) is 6.54 Å². The zero-order chi connectivity index (χ0) is 11.6. The van der Waals surface area contributed by atoms with E-state index in [1.165, 1.54) is 31.2 Å². The van der Waals surface area contributed by atoms with E-state index in [0.29, 0.717) is 5.41 Å². The zero-order valence-corrected chi connectivity index (χ0v) is 10.3. The SMILES string of the molecule is CCCC1(CNc2ccc(C)cc2N)CC1. The Morgan fingerprint density at radius 3 is 2.69 bits per heavy atom. The summed E-state index contributed by atoms with van der Waals surface area (Å²) in [7, 11) is 0. The maximum Gasteiger partial charge on any atom is 0.0574 e. The lowest BCUT2D eigenvalue weighted by Gasteiger charge is -2.17. The van der Waals surface area contributed by atoms with Crippen LogP contribution >= 0.6 is 0 Å². The molecule has 1 aromatic carbocycles. The normalized spacial score (nSPS) is 17.1. The third-order valence-corrected chi connectivity index (χ3v) is 3.60. The molecule has 0 saturated heterocycles. The molecule has 0 atom stereocenters. The van der Waals surface area contributed by atoms with Gasteiger partial charge >= 0.3 is 0 Å². The summed E-state index contributed by atoms with van der Waals surface area (Å²) >= 11 is 0. The second-order valence-corrected chi connectivity index (χ2v) is 5.19. The minimum atomic E-state index is 0.575. The lowest BCUT2D eigenvalue weighted by Crippen LogP contribution is -2.15. The van der Waals surface area contributed by atoms with Crippen molar-refractivity contribution in [1.82, 2.24) is 0 Å². The van der Waals surface area contributed by atoms with Crippen molar-refractivity contribution in [3.05, 3.63) is 23.8 Å². The van der Waals surface area contributed by atoms with Crippen molar-refractivity contribution in [3.8, 4) is 0 Å². The van der Waals surface area contributed by atoms with Gasteiger partial charge in [-0.2, -0.15) is 0 Å². The zero-order valence-electron chi connectivity index (χ0n) is 10.3. The summed E-state index contributed by atoms with van der Waals surface area (Å²) < 4.78 is 0. The van der Waals surface area contributed by atoms with Gasteiger partial charge in [0.15, 0.2) is 0 Å². The molecule has 1 aliphatic rings. The first-order valence-electron chi connectivity index (χ1n) is 6.25. The van der Waals surface area contributed by atoms with Gasteiger partial charge < -0.3 is 11.1 Å². The molecule has 0 aromatic heterocycles. The van der Waals surface area contributed by atoms with Crippen LogP contribution in [0.1, 0.15) is 38.2 Å². The van der Waals surface area contributed by atoms with E-state index in [4.69, 9.17) is 5.73 Å². The number of anilines is 2. The number of hydrogen-bond acceptors (Lipinski definition) is 2. The molecule has 1 saturated carbocycles. The molecule has 1 fully saturated rings. The molecule has 0 spiro atoms. The number of nitrogen functional groups attached to an aromatic ring is 1. The second-order valence-electron chi connectivity index (χ2n) is 5.19. The van der Waals surface area contributed by atoms with Gasteiger partial charge in [0.05, 0.1) is 11.4 Å². The van der Waals surface area contributed by atoms with Crippen LogP contribution in [0.15, 0.2) is 18.2 Å². The highest BCUT2D eigenvalue weighted by molar-refractivity contribution is 5.67. The molecule has 0 amide bonds. The molecule has 3 N–H and O–H groups in total. The Hall–Kier alpha value is -1.18. The Balaban J connectivity index is 1.94. The van der Waals surface area contributed by atoms with Crippen LogP contribution in [0.5, 0.6) is 0 Å². The molecular weight excluding hydrogens is 196 g/mol. The summed E-state index contributed by atoms with van der Waals surface area (Å²) in [5.74, 6) is 0. The van der Waals surface area contributed by atoms with Crippen molar-refractivity contribution < 1.29 is 0 Å². The maximum atomic E-state index is 5.98. The third-order valence-electron chi connectivity index (χ3n) is 3.60. The highest BCUT2D eigenvalue weighted by atomic mass is 14.9. The number of nitrogens with two attached hydrogens (primary N) is 1. The first-order chi connectivity index (χ1) is 7.65. The Labute approximate surface area is 98.2 Å². The molecule has 1 aliphatic carbocycles. The predicted molar refractivity (Wildman–Crippen MR) is 70.7 cm³/mol. The van der Waals surface area contributed by atoms with Crippen molar-refractivity contribution in [1.29, 1.82) is 0 Å². The molecule has 0 radical (unpaired) electrons. The predicted octanol–water partition coefficient (Wildman–Crippen LogP) is 3.57. The summed E-state index contributed by atoms with van der Waals surface area (Å²) in [6.45, 7) is 5.41. The van der Waals surface area contributed by atoms with E-state index in [0.717, 1.165) is 17.9 Å². The van der Waals surface area contributed by atoms with Gasteiger partial charge in [-0.15, -0.1) is 0 Å². The summed E-state index contributed by atoms with van der Waals surface area (Å²) in [6, 6.07) is 6.23. The standard InChI is InChI=1S/C14H22N2/c1-3-6-14(7-8-14)10-16-13-5-4-11(2)9-12(13)15/h4-5,9,16H,3,6-8,10,15H2,1-2H3. The molecule has 0 aliphatic heterocycles. The number of aryl methyl sites for hydroxylation is 1. The van der Waals surface area contributed by atoms with Gasteiger partial charge in [-0.05, 0) is 49.3 Å². The Morgan fingerprint density at radius 2 is 2.12 bits per heavy atom. The Bertz CT molecular complexity index is 367. The number of nitrogens with one attached hydrogen (secondary N) is 1. The summed E-state index contributed by atoms with van der Waals surface area (Å²) in [6.07, 6.45) is 5.37. The van der Waals surface area contributed by atoms with Crippen molar-refractivity contribution in [3.63, 3.8) is 0 Å². The number of hydrogen-bond donors (Lipinski definition) is 2. The van der Waals surface area contributed by atoms with Crippen LogP contribution in [0.4, 0.5) is 11.4 Å². The van der Waals surface area contributed by atoms with E-state index in [1.807, 2.05) is 6.07 Å². The minimum absolute atomic E-state index is 0.575. The van der Waals surface area contributed by atoms with Crippen molar-refractivity contribution in [2.45, 2.75) is 39.5 Å². The summed E-state index contributed by atoms with van der Waals surface area (Å²) in [4.78, 5) is 0. The fourth-order valence-electron chi connectivity index (χ4n) is 2.35. The number of benzene rings is 1. The second kappa shape index (κ2) is 4.36.